The molecule has 0 amide bonds. The van der Waals surface area contributed by atoms with E-state index in [1.165, 1.54) is 6.07 Å². The largest absolute Gasteiger partial charge is 0.213 e. The van der Waals surface area contributed by atoms with E-state index in [9.17, 15) is 5.26 Å². The lowest BCUT2D eigenvalue weighted by Gasteiger charge is -2.25. The Hall–Kier alpha value is -2.92. The van der Waals surface area contributed by atoms with Crippen molar-refractivity contribution in [1.82, 2.24) is 0 Å². The van der Waals surface area contributed by atoms with Crippen LogP contribution in [0.5, 0.6) is 0 Å². The maximum atomic E-state index is 9.83. The summed E-state index contributed by atoms with van der Waals surface area (Å²) in [6.07, 6.45) is 0. The van der Waals surface area contributed by atoms with Crippen molar-refractivity contribution in [1.29, 1.82) is 5.26 Å². The molecule has 0 saturated heterocycles. The normalized spacial score (nSPS) is 18.7. The first kappa shape index (κ1) is 12.6. The van der Waals surface area contributed by atoms with Crippen LogP contribution in [0.15, 0.2) is 42.5 Å². The topological polar surface area (TPSA) is 27.7 Å². The zero-order valence-electron chi connectivity index (χ0n) is 24.4. The van der Waals surface area contributed by atoms with Crippen LogP contribution >= 0.6 is 0 Å². The van der Waals surface area contributed by atoms with Gasteiger partial charge in [0.15, 0.2) is 5.69 Å². The molecule has 0 radical (unpaired) electrons. The molecular formula is C27H29N2+. The summed E-state index contributed by atoms with van der Waals surface area (Å²) in [4.78, 5) is 0. The van der Waals surface area contributed by atoms with Crippen molar-refractivity contribution in [3.63, 3.8) is 0 Å². The Bertz CT molecular complexity index is 1430. The molecule has 0 bridgehead atoms. The average molecular weight is 389 g/mol. The molecule has 2 aromatic carbocycles. The van der Waals surface area contributed by atoms with Crippen molar-refractivity contribution < 1.29 is 14.2 Å². The number of hydrogen-bond acceptors (Lipinski definition) is 1. The highest BCUT2D eigenvalue weighted by Gasteiger charge is 2.41. The number of hydrogen-bond donors (Lipinski definition) is 0. The Kier molecular flexibility index (Phi) is 2.85. The molecule has 1 aliphatic rings. The van der Waals surface area contributed by atoms with Gasteiger partial charge in [-0.15, -0.1) is 0 Å². The molecule has 0 spiro atoms. The predicted octanol–water partition coefficient (Wildman–Crippen LogP) is 6.10. The van der Waals surface area contributed by atoms with Gasteiger partial charge in [-0.3, -0.25) is 0 Å². The standard InChI is InChI=1S/C27H29N2/c1-16(2)20-13-18(4)29(7)23(14-20)24-17(3)11-12-22-21-10-8-9-19(15-28)25(21)27(5,6)26(22)24/h8-14,16H,1-7H3/q+1/i1D3,2D3,16D. The Morgan fingerprint density at radius 1 is 1.07 bits per heavy atom. The summed E-state index contributed by atoms with van der Waals surface area (Å²) in [6.45, 7) is 1.72. The summed E-state index contributed by atoms with van der Waals surface area (Å²) in [7, 11) is 1.85. The van der Waals surface area contributed by atoms with Crippen molar-refractivity contribution >= 4 is 0 Å². The molecule has 0 N–H and O–H groups in total. The Labute approximate surface area is 184 Å². The third-order valence-corrected chi connectivity index (χ3v) is 6.23. The molecule has 0 saturated carbocycles. The summed E-state index contributed by atoms with van der Waals surface area (Å²) >= 11 is 0. The maximum absolute atomic E-state index is 9.83. The number of fused-ring (bicyclic) bond motifs is 3. The fourth-order valence-electron chi connectivity index (χ4n) is 4.76. The smallest absolute Gasteiger partial charge is 0.199 e. The van der Waals surface area contributed by atoms with Crippen LogP contribution in [0, 0.1) is 25.2 Å². The molecule has 2 heteroatoms. The van der Waals surface area contributed by atoms with Crippen LogP contribution in [-0.4, -0.2) is 0 Å². The first-order valence-corrected chi connectivity index (χ1v) is 9.68. The van der Waals surface area contributed by atoms with Crippen LogP contribution in [0.25, 0.3) is 22.4 Å². The molecular weight excluding hydrogens is 352 g/mol. The summed E-state index contributed by atoms with van der Waals surface area (Å²) < 4.78 is 58.6. The van der Waals surface area contributed by atoms with Crippen molar-refractivity contribution in [3.05, 3.63) is 76.0 Å². The number of rotatable bonds is 2. The molecule has 0 fully saturated rings. The quantitative estimate of drug-likeness (QED) is 0.488. The van der Waals surface area contributed by atoms with E-state index >= 15 is 0 Å². The van der Waals surface area contributed by atoms with E-state index < -0.39 is 25.0 Å². The predicted molar refractivity (Wildman–Crippen MR) is 119 cm³/mol. The lowest BCUT2D eigenvalue weighted by molar-refractivity contribution is -0.666. The van der Waals surface area contributed by atoms with E-state index in [0.29, 0.717) is 17.0 Å². The van der Waals surface area contributed by atoms with E-state index in [1.807, 2.05) is 48.9 Å². The molecule has 1 aliphatic carbocycles. The number of aromatic nitrogens is 1. The Balaban J connectivity index is 2.11. The van der Waals surface area contributed by atoms with Gasteiger partial charge in [-0.1, -0.05) is 51.8 Å². The van der Waals surface area contributed by atoms with Gasteiger partial charge in [0.1, 0.15) is 7.05 Å². The molecule has 2 nitrogen and oxygen atoms in total. The molecule has 29 heavy (non-hydrogen) atoms. The lowest BCUT2D eigenvalue weighted by atomic mass is 9.77. The first-order chi connectivity index (χ1) is 16.5. The number of benzene rings is 2. The molecule has 0 unspecified atom stereocenters. The van der Waals surface area contributed by atoms with Gasteiger partial charge in [0.2, 0.25) is 5.69 Å². The van der Waals surface area contributed by atoms with Gasteiger partial charge in [0.05, 0.1) is 17.2 Å². The Morgan fingerprint density at radius 3 is 2.48 bits per heavy atom. The van der Waals surface area contributed by atoms with Gasteiger partial charge in [0, 0.05) is 34.1 Å². The minimum Gasteiger partial charge on any atom is -0.199 e. The third kappa shape index (κ3) is 2.72. The number of nitriles is 1. The van der Waals surface area contributed by atoms with Gasteiger partial charge in [-0.2, -0.15) is 9.83 Å². The maximum Gasteiger partial charge on any atom is 0.213 e. The molecule has 0 aliphatic heterocycles. The molecule has 146 valence electrons. The SMILES string of the molecule is [2H]C([2H])([2H])C([2H])(c1cc(C)[n+](C)c(-c2c(C)ccc3c2C(C)(C)c2c(C#N)cccc2-3)c1)C([2H])([2H])[2H]. The molecule has 0 atom stereocenters. The minimum absolute atomic E-state index is 0.0730. The fourth-order valence-corrected chi connectivity index (χ4v) is 4.76. The van der Waals surface area contributed by atoms with Crippen LogP contribution < -0.4 is 4.57 Å². The highest BCUT2D eigenvalue weighted by molar-refractivity contribution is 5.89. The lowest BCUT2D eigenvalue weighted by Crippen LogP contribution is -2.36. The minimum atomic E-state index is -3.08. The zero-order valence-corrected chi connectivity index (χ0v) is 17.4. The summed E-state index contributed by atoms with van der Waals surface area (Å²) in [6, 6.07) is 15.1. The molecule has 1 heterocycles. The highest BCUT2D eigenvalue weighted by atomic mass is 14.9. The van der Waals surface area contributed by atoms with Crippen molar-refractivity contribution in [2.75, 3.05) is 0 Å². The third-order valence-electron chi connectivity index (χ3n) is 6.23. The van der Waals surface area contributed by atoms with Crippen LogP contribution in [0.3, 0.4) is 0 Å². The van der Waals surface area contributed by atoms with Gasteiger partial charge in [-0.05, 0) is 52.3 Å². The van der Waals surface area contributed by atoms with E-state index in [0.717, 1.165) is 33.4 Å². The van der Waals surface area contributed by atoms with Crippen molar-refractivity contribution in [3.8, 4) is 28.5 Å². The second kappa shape index (κ2) is 6.56. The van der Waals surface area contributed by atoms with Gasteiger partial charge in [-0.25, -0.2) is 0 Å². The molecule has 4 rings (SSSR count). The van der Waals surface area contributed by atoms with Gasteiger partial charge in [0.25, 0.3) is 0 Å². The van der Waals surface area contributed by atoms with Crippen molar-refractivity contribution in [2.45, 2.75) is 52.7 Å². The van der Waals surface area contributed by atoms with E-state index in [4.69, 9.17) is 9.60 Å². The summed E-state index contributed by atoms with van der Waals surface area (Å²) in [5, 5.41) is 9.83. The van der Waals surface area contributed by atoms with E-state index in [1.54, 1.807) is 13.0 Å². The monoisotopic (exact) mass is 388 g/mol. The van der Waals surface area contributed by atoms with Crippen LogP contribution in [-0.2, 0) is 12.5 Å². The Morgan fingerprint density at radius 2 is 1.79 bits per heavy atom. The number of pyridine rings is 1. The molecule has 3 aromatic rings. The average Bonchev–Trinajstić information content (AvgIpc) is 3.01. The highest BCUT2D eigenvalue weighted by Crippen LogP contribution is 2.53. The molecule has 1 aromatic heterocycles. The van der Waals surface area contributed by atoms with Gasteiger partial charge < -0.3 is 0 Å². The second-order valence-electron chi connectivity index (χ2n) is 8.35. The van der Waals surface area contributed by atoms with Crippen LogP contribution in [0.1, 0.15) is 76.6 Å². The van der Waals surface area contributed by atoms with Crippen LogP contribution in [0.4, 0.5) is 0 Å². The summed E-state index contributed by atoms with van der Waals surface area (Å²) in [5.41, 5.74) is 6.92. The summed E-state index contributed by atoms with van der Waals surface area (Å²) in [5.74, 6) is -2.80. The van der Waals surface area contributed by atoms with E-state index in [-0.39, 0.29) is 5.56 Å². The van der Waals surface area contributed by atoms with Crippen LogP contribution in [0.2, 0.25) is 0 Å². The first-order valence-electron chi connectivity index (χ1n) is 13.2. The zero-order chi connectivity index (χ0) is 27.0. The fraction of sp³-hybridized carbons (Fsp3) is 0.333. The van der Waals surface area contributed by atoms with E-state index in [2.05, 4.69) is 19.9 Å². The number of nitrogens with zero attached hydrogens (tertiary/aromatic N) is 2. The van der Waals surface area contributed by atoms with Crippen molar-refractivity contribution in [2.24, 2.45) is 7.05 Å². The van der Waals surface area contributed by atoms with Gasteiger partial charge >= 0.3 is 0 Å². The second-order valence-corrected chi connectivity index (χ2v) is 8.35. The number of aryl methyl sites for hydroxylation is 2.